The van der Waals surface area contributed by atoms with Crippen LogP contribution >= 0.6 is 0 Å². The number of nitrogens with zero attached hydrogens (tertiary/aromatic N) is 4. The number of pyridine rings is 1. The van der Waals surface area contributed by atoms with Gasteiger partial charge in [-0.3, -0.25) is 9.89 Å². The molecular weight excluding hydrogens is 454 g/mol. The number of carbonyl (C=O) groups is 1. The Hall–Kier alpha value is -4.05. The molecule has 1 atom stereocenters. The van der Waals surface area contributed by atoms with Crippen LogP contribution in [-0.2, 0) is 9.53 Å². The lowest BCUT2D eigenvalue weighted by molar-refractivity contribution is -0.113. The number of hydrogen-bond acceptors (Lipinski definition) is 6. The van der Waals surface area contributed by atoms with Crippen molar-refractivity contribution in [3.63, 3.8) is 0 Å². The maximum absolute atomic E-state index is 15.5. The molecule has 180 valence electrons. The average molecular weight is 479 g/mol. The Morgan fingerprint density at radius 2 is 2.11 bits per heavy atom. The van der Waals surface area contributed by atoms with E-state index in [-0.39, 0.29) is 18.3 Å². The second-order valence-corrected chi connectivity index (χ2v) is 8.39. The highest BCUT2D eigenvalue weighted by atomic mass is 19.1. The van der Waals surface area contributed by atoms with Crippen LogP contribution in [0.4, 0.5) is 31.9 Å². The minimum absolute atomic E-state index is 0.0782. The van der Waals surface area contributed by atoms with E-state index in [2.05, 4.69) is 27.0 Å². The van der Waals surface area contributed by atoms with Gasteiger partial charge in [0.05, 0.1) is 32.0 Å². The van der Waals surface area contributed by atoms with Crippen molar-refractivity contribution in [1.82, 2.24) is 15.2 Å². The number of benzene rings is 1. The summed E-state index contributed by atoms with van der Waals surface area (Å²) in [7, 11) is 0. The molecule has 0 spiro atoms. The van der Waals surface area contributed by atoms with Crippen LogP contribution in [0, 0.1) is 5.82 Å². The Labute approximate surface area is 200 Å². The molecule has 0 radical (unpaired) electrons. The molecule has 35 heavy (non-hydrogen) atoms. The first kappa shape index (κ1) is 22.7. The summed E-state index contributed by atoms with van der Waals surface area (Å²) in [5, 5.41) is 10.0. The summed E-state index contributed by atoms with van der Waals surface area (Å²) in [4.78, 5) is 20.2. The fourth-order valence-electron chi connectivity index (χ4n) is 4.33. The summed E-state index contributed by atoms with van der Waals surface area (Å²) < 4.78 is 34.6. The lowest BCUT2D eigenvalue weighted by Gasteiger charge is -2.35. The van der Waals surface area contributed by atoms with E-state index < -0.39 is 17.6 Å². The molecule has 1 amide bonds. The third kappa shape index (κ3) is 4.40. The number of nitrogens with one attached hydrogen (secondary N) is 2. The number of H-pyrrole nitrogens is 1. The molecule has 8 nitrogen and oxygen atoms in total. The molecule has 1 aromatic carbocycles. The van der Waals surface area contributed by atoms with Gasteiger partial charge < -0.3 is 19.9 Å². The Morgan fingerprint density at radius 1 is 1.26 bits per heavy atom. The number of ether oxygens (including phenoxy) is 1. The van der Waals surface area contributed by atoms with E-state index >= 15 is 4.39 Å². The van der Waals surface area contributed by atoms with E-state index in [0.29, 0.717) is 53.9 Å². The van der Waals surface area contributed by atoms with E-state index in [9.17, 15) is 9.18 Å². The number of aromatic nitrogens is 3. The standard InChI is InChI=1S/C25H24F2N6O2/c1-3-18-20(19-5-4-17(11-21(19)27)33-13-16(26)10-24(33)34)12-23(32-8-9-35-14-15(32)2)30-25(18)29-22-6-7-28-31-22/h3-7,10-12,15H,1,8-9,13-14H2,2H3,(H2,28,29,30,31)/t15-/m1/s1. The zero-order valence-electron chi connectivity index (χ0n) is 19.1. The van der Waals surface area contributed by atoms with Gasteiger partial charge in [-0.1, -0.05) is 12.7 Å². The highest BCUT2D eigenvalue weighted by Gasteiger charge is 2.26. The lowest BCUT2D eigenvalue weighted by atomic mass is 9.98. The summed E-state index contributed by atoms with van der Waals surface area (Å²) in [6.45, 7) is 7.52. The predicted molar refractivity (Wildman–Crippen MR) is 131 cm³/mol. The Balaban J connectivity index is 1.61. The summed E-state index contributed by atoms with van der Waals surface area (Å²) in [6, 6.07) is 8.10. The molecule has 3 aromatic rings. The topological polar surface area (TPSA) is 86.4 Å². The fourth-order valence-corrected chi connectivity index (χ4v) is 4.33. The van der Waals surface area contributed by atoms with Crippen molar-refractivity contribution in [3.05, 3.63) is 66.4 Å². The van der Waals surface area contributed by atoms with Crippen LogP contribution in [0.25, 0.3) is 17.2 Å². The molecule has 0 bridgehead atoms. The van der Waals surface area contributed by atoms with Gasteiger partial charge in [0.15, 0.2) is 0 Å². The molecule has 1 saturated heterocycles. The van der Waals surface area contributed by atoms with Crippen molar-refractivity contribution in [1.29, 1.82) is 0 Å². The molecule has 0 saturated carbocycles. The van der Waals surface area contributed by atoms with Gasteiger partial charge in [0.1, 0.15) is 29.1 Å². The van der Waals surface area contributed by atoms with Crippen molar-refractivity contribution >= 4 is 35.1 Å². The van der Waals surface area contributed by atoms with Crippen LogP contribution in [0.5, 0.6) is 0 Å². The molecular formula is C25H24F2N6O2. The second kappa shape index (κ2) is 9.30. The van der Waals surface area contributed by atoms with Gasteiger partial charge in [0.25, 0.3) is 5.91 Å². The maximum atomic E-state index is 15.5. The van der Waals surface area contributed by atoms with Crippen LogP contribution in [0.3, 0.4) is 0 Å². The zero-order valence-corrected chi connectivity index (χ0v) is 19.1. The Bertz CT molecular complexity index is 1310. The number of aromatic amines is 1. The monoisotopic (exact) mass is 478 g/mol. The summed E-state index contributed by atoms with van der Waals surface area (Å²) in [6.07, 6.45) is 4.14. The molecule has 2 N–H and O–H groups in total. The van der Waals surface area contributed by atoms with Crippen molar-refractivity contribution in [3.8, 4) is 11.1 Å². The average Bonchev–Trinajstić information content (AvgIpc) is 3.47. The smallest absolute Gasteiger partial charge is 0.254 e. The summed E-state index contributed by atoms with van der Waals surface area (Å²) in [5.74, 6) is 0.149. The summed E-state index contributed by atoms with van der Waals surface area (Å²) in [5.41, 5.74) is 1.76. The van der Waals surface area contributed by atoms with Gasteiger partial charge in [-0.25, -0.2) is 13.8 Å². The normalized spacial score (nSPS) is 18.1. The first-order valence-electron chi connectivity index (χ1n) is 11.2. The number of morpholine rings is 1. The molecule has 5 rings (SSSR count). The van der Waals surface area contributed by atoms with E-state index in [1.165, 1.54) is 11.0 Å². The van der Waals surface area contributed by atoms with E-state index in [1.54, 1.807) is 30.5 Å². The highest BCUT2D eigenvalue weighted by Crippen LogP contribution is 2.37. The van der Waals surface area contributed by atoms with Crippen molar-refractivity contribution in [2.45, 2.75) is 13.0 Å². The van der Waals surface area contributed by atoms with Gasteiger partial charge >= 0.3 is 0 Å². The molecule has 2 aromatic heterocycles. The molecule has 2 aliphatic rings. The van der Waals surface area contributed by atoms with E-state index in [0.717, 1.165) is 6.08 Å². The van der Waals surface area contributed by atoms with E-state index in [4.69, 9.17) is 9.72 Å². The number of anilines is 4. The van der Waals surface area contributed by atoms with Crippen LogP contribution < -0.4 is 15.1 Å². The van der Waals surface area contributed by atoms with Gasteiger partial charge in [0.2, 0.25) is 0 Å². The molecule has 10 heteroatoms. The minimum Gasteiger partial charge on any atom is -0.377 e. The van der Waals surface area contributed by atoms with Crippen molar-refractivity contribution in [2.24, 2.45) is 0 Å². The quantitative estimate of drug-likeness (QED) is 0.546. The number of rotatable bonds is 6. The molecule has 4 heterocycles. The van der Waals surface area contributed by atoms with Crippen LogP contribution in [0.2, 0.25) is 0 Å². The molecule has 0 unspecified atom stereocenters. The first-order valence-corrected chi connectivity index (χ1v) is 11.2. The molecule has 2 aliphatic heterocycles. The molecule has 1 fully saturated rings. The van der Waals surface area contributed by atoms with E-state index in [1.807, 2.05) is 13.0 Å². The van der Waals surface area contributed by atoms with Gasteiger partial charge in [0, 0.05) is 35.5 Å². The predicted octanol–water partition coefficient (Wildman–Crippen LogP) is 4.42. The van der Waals surface area contributed by atoms with Crippen molar-refractivity contribution in [2.75, 3.05) is 41.4 Å². The number of halogens is 2. The number of carbonyl (C=O) groups excluding carboxylic acids is 1. The van der Waals surface area contributed by atoms with Gasteiger partial charge in [-0.2, -0.15) is 5.10 Å². The fraction of sp³-hybridized carbons (Fsp3) is 0.240. The van der Waals surface area contributed by atoms with Gasteiger partial charge in [-0.15, -0.1) is 0 Å². The summed E-state index contributed by atoms with van der Waals surface area (Å²) >= 11 is 0. The minimum atomic E-state index is -0.554. The third-order valence-electron chi connectivity index (χ3n) is 6.07. The number of hydrogen-bond donors (Lipinski definition) is 2. The largest absolute Gasteiger partial charge is 0.377 e. The molecule has 0 aliphatic carbocycles. The zero-order chi connectivity index (χ0) is 24.5. The van der Waals surface area contributed by atoms with Crippen LogP contribution in [-0.4, -0.2) is 53.4 Å². The Morgan fingerprint density at radius 3 is 2.77 bits per heavy atom. The van der Waals surface area contributed by atoms with Crippen molar-refractivity contribution < 1.29 is 18.3 Å². The number of amides is 1. The Kier molecular flexibility index (Phi) is 6.04. The maximum Gasteiger partial charge on any atom is 0.254 e. The van der Waals surface area contributed by atoms with Crippen LogP contribution in [0.15, 0.2) is 55.0 Å². The second-order valence-electron chi connectivity index (χ2n) is 8.39. The SMILES string of the molecule is C=Cc1c(-c2ccc(N3CC(F)=CC3=O)cc2F)cc(N2CCOC[C@H]2C)nc1Nc1ccn[nH]1. The lowest BCUT2D eigenvalue weighted by Crippen LogP contribution is -2.44. The van der Waals surface area contributed by atoms with Gasteiger partial charge in [-0.05, 0) is 36.8 Å². The van der Waals surface area contributed by atoms with Crippen LogP contribution in [0.1, 0.15) is 12.5 Å². The first-order chi connectivity index (χ1) is 16.9. The third-order valence-corrected chi connectivity index (χ3v) is 6.07. The highest BCUT2D eigenvalue weighted by molar-refractivity contribution is 6.04.